The molecule has 3 aliphatic carbocycles. The summed E-state index contributed by atoms with van der Waals surface area (Å²) < 4.78 is 4.63. The molecule has 12 nitrogen and oxygen atoms in total. The summed E-state index contributed by atoms with van der Waals surface area (Å²) in [7, 11) is 1.37. The second-order valence-corrected chi connectivity index (χ2v) is 14.2. The lowest BCUT2D eigenvalue weighted by Crippen LogP contribution is -2.34. The van der Waals surface area contributed by atoms with Crippen molar-refractivity contribution in [2.24, 2.45) is 42.6 Å². The number of hydrogen-bond acceptors (Lipinski definition) is 8. The molecule has 3 saturated carbocycles. The Morgan fingerprint density at radius 3 is 1.36 bits per heavy atom. The van der Waals surface area contributed by atoms with Crippen LogP contribution in [0.5, 0.6) is 0 Å². The number of aromatic nitrogens is 4. The van der Waals surface area contributed by atoms with E-state index in [0.717, 1.165) is 34.8 Å². The molecule has 4 aromatic heterocycles. The van der Waals surface area contributed by atoms with Crippen LogP contribution in [0.25, 0.3) is 43.1 Å². The Hall–Kier alpha value is -5.00. The van der Waals surface area contributed by atoms with Gasteiger partial charge in [0.05, 0.1) is 43.1 Å². The quantitative estimate of drug-likeness (QED) is 0.268. The Morgan fingerprint density at radius 2 is 0.894 bits per heavy atom. The highest BCUT2D eigenvalue weighted by Crippen LogP contribution is 2.62. The lowest BCUT2D eigenvalue weighted by atomic mass is 9.75. The largest absolute Gasteiger partial charge is 0.277 e. The molecule has 0 saturated heterocycles. The third kappa shape index (κ3) is 3.53. The molecule has 3 aliphatic rings. The molecule has 4 heterocycles. The number of fused-ring (bicyclic) bond motifs is 9. The Bertz CT molecular complexity index is 2660. The fraction of sp³-hybridized carbons (Fsp3) is 0.429. The molecule has 6 atom stereocenters. The van der Waals surface area contributed by atoms with Crippen molar-refractivity contribution in [2.75, 3.05) is 0 Å². The Morgan fingerprint density at radius 1 is 0.489 bits per heavy atom. The van der Waals surface area contributed by atoms with Crippen molar-refractivity contribution in [3.05, 3.63) is 107 Å². The van der Waals surface area contributed by atoms with Crippen molar-refractivity contribution >= 4 is 43.1 Å². The third-order valence-corrected chi connectivity index (χ3v) is 12.1. The van der Waals surface area contributed by atoms with E-state index in [2.05, 4.69) is 0 Å². The van der Waals surface area contributed by atoms with E-state index in [1.807, 2.05) is 0 Å². The minimum Gasteiger partial charge on any atom is -0.277 e. The van der Waals surface area contributed by atoms with Crippen molar-refractivity contribution in [1.29, 1.82) is 0 Å². The summed E-state index contributed by atoms with van der Waals surface area (Å²) in [5, 5.41) is 1.26. The van der Waals surface area contributed by atoms with E-state index in [1.54, 1.807) is 6.92 Å². The number of benzene rings is 2. The van der Waals surface area contributed by atoms with Crippen LogP contribution in [-0.4, -0.2) is 18.3 Å². The highest BCUT2D eigenvalue weighted by Gasteiger charge is 2.55. The molecule has 9 rings (SSSR count). The van der Waals surface area contributed by atoms with Gasteiger partial charge in [-0.2, -0.15) is 0 Å². The van der Waals surface area contributed by atoms with Gasteiger partial charge in [-0.25, -0.2) is 0 Å². The Kier molecular flexibility index (Phi) is 5.59. The van der Waals surface area contributed by atoms with Gasteiger partial charge >= 0.3 is 0 Å². The molecule has 2 bridgehead atoms. The molecular formula is C35H30N4O8. The average Bonchev–Trinajstić information content (AvgIpc) is 3.90. The van der Waals surface area contributed by atoms with Crippen LogP contribution in [0, 0.1) is 35.5 Å². The molecule has 6 aromatic rings. The topological polar surface area (TPSA) is 156 Å². The second kappa shape index (κ2) is 9.30. The van der Waals surface area contributed by atoms with E-state index in [1.165, 1.54) is 40.4 Å². The monoisotopic (exact) mass is 634 g/mol. The molecule has 0 aliphatic heterocycles. The van der Waals surface area contributed by atoms with Crippen LogP contribution in [0.4, 0.5) is 0 Å². The lowest BCUT2D eigenvalue weighted by Gasteiger charge is -2.31. The number of nitrogens with zero attached hydrogens (tertiary/aromatic N) is 4. The van der Waals surface area contributed by atoms with E-state index in [-0.39, 0.29) is 74.6 Å². The second-order valence-electron chi connectivity index (χ2n) is 14.2. The van der Waals surface area contributed by atoms with E-state index >= 15 is 0 Å². The van der Waals surface area contributed by atoms with E-state index < -0.39 is 44.5 Å². The van der Waals surface area contributed by atoms with Gasteiger partial charge in [-0.05, 0) is 92.4 Å². The van der Waals surface area contributed by atoms with Crippen molar-refractivity contribution in [3.63, 3.8) is 0 Å². The number of rotatable bonds is 5. The summed E-state index contributed by atoms with van der Waals surface area (Å²) in [5.74, 6) is 1.80. The van der Waals surface area contributed by atoms with Crippen LogP contribution < -0.4 is 44.5 Å². The first-order valence-electron chi connectivity index (χ1n) is 16.3. The van der Waals surface area contributed by atoms with Crippen LogP contribution in [0.2, 0.25) is 0 Å². The molecule has 0 N–H and O–H groups in total. The average molecular weight is 635 g/mol. The van der Waals surface area contributed by atoms with Gasteiger partial charge in [0, 0.05) is 26.7 Å². The van der Waals surface area contributed by atoms with Crippen LogP contribution in [0.1, 0.15) is 32.6 Å². The van der Waals surface area contributed by atoms with Gasteiger partial charge in [0.2, 0.25) is 0 Å². The first kappa shape index (κ1) is 28.2. The normalized spacial score (nSPS) is 25.4. The third-order valence-electron chi connectivity index (χ3n) is 12.1. The van der Waals surface area contributed by atoms with Crippen LogP contribution in [-0.2, 0) is 26.7 Å². The van der Waals surface area contributed by atoms with Crippen molar-refractivity contribution in [3.8, 4) is 0 Å². The van der Waals surface area contributed by atoms with E-state index in [0.29, 0.717) is 23.7 Å². The molecule has 0 amide bonds. The molecule has 0 radical (unpaired) electrons. The summed E-state index contributed by atoms with van der Waals surface area (Å²) in [6.45, 7) is 2.46. The van der Waals surface area contributed by atoms with E-state index in [9.17, 15) is 38.4 Å². The Balaban J connectivity index is 0.987. The van der Waals surface area contributed by atoms with Gasteiger partial charge in [0.25, 0.3) is 44.5 Å². The van der Waals surface area contributed by atoms with E-state index in [4.69, 9.17) is 0 Å². The molecule has 2 aromatic carbocycles. The highest BCUT2D eigenvalue weighted by molar-refractivity contribution is 5.98. The molecular weight excluding hydrogens is 604 g/mol. The summed E-state index contributed by atoms with van der Waals surface area (Å²) in [6.07, 6.45) is 3.63. The van der Waals surface area contributed by atoms with Gasteiger partial charge in [0.1, 0.15) is 0 Å². The maximum Gasteiger partial charge on any atom is 0.261 e. The zero-order valence-corrected chi connectivity index (χ0v) is 25.8. The molecule has 12 heteroatoms. The summed E-state index contributed by atoms with van der Waals surface area (Å²) in [5.41, 5.74) is -3.63. The fourth-order valence-corrected chi connectivity index (χ4v) is 10.0. The minimum absolute atomic E-state index is 0.108. The fourth-order valence-electron chi connectivity index (χ4n) is 10.0. The number of hydrogen-bond donors (Lipinski definition) is 0. The van der Waals surface area contributed by atoms with Gasteiger partial charge < -0.3 is 0 Å². The first-order chi connectivity index (χ1) is 22.5. The van der Waals surface area contributed by atoms with Crippen molar-refractivity contribution in [2.45, 2.75) is 52.2 Å². The molecule has 6 unspecified atom stereocenters. The standard InChI is InChI=1S/C35H30N4O8/c1-3-37-30(42)22-10-26-27(11-23(22)31(37)43)33(45)38(32(26)44)12-14-4-17-15-6-16(18(7-15)19(17)5-14)13-39-34(46)24-8-20-21(9-25(24)35(39)47)29(41)36(2)28(20)40/h8-11,14-19H,3-7,12-13H2,1-2H3. The highest BCUT2D eigenvalue weighted by atomic mass is 16.2. The van der Waals surface area contributed by atoms with Gasteiger partial charge in [-0.3, -0.25) is 56.6 Å². The first-order valence-corrected chi connectivity index (χ1v) is 16.3. The summed E-state index contributed by atoms with van der Waals surface area (Å²) in [6, 6.07) is 5.57. The molecule has 3 fully saturated rings. The lowest BCUT2D eigenvalue weighted by molar-refractivity contribution is 0.172. The van der Waals surface area contributed by atoms with Crippen LogP contribution in [0.3, 0.4) is 0 Å². The zero-order valence-electron chi connectivity index (χ0n) is 25.8. The zero-order chi connectivity index (χ0) is 32.8. The predicted octanol–water partition coefficient (Wildman–Crippen LogP) is 0.694. The molecule has 238 valence electrons. The van der Waals surface area contributed by atoms with Crippen LogP contribution in [0.15, 0.2) is 62.6 Å². The Labute approximate surface area is 263 Å². The smallest absolute Gasteiger partial charge is 0.261 e. The summed E-state index contributed by atoms with van der Waals surface area (Å²) in [4.78, 5) is 104. The van der Waals surface area contributed by atoms with Gasteiger partial charge in [0.15, 0.2) is 0 Å². The predicted molar refractivity (Wildman–Crippen MR) is 176 cm³/mol. The SMILES string of the molecule is CCn1c(=O)c2cc3c(=O)n(CC4CC5C6CC(Cn7c(=O)c8cc9c(=O)n(C)c(=O)c9cc8c7=O)C(C6)C5C4)c(=O)c3cc2c1=O. The molecule has 47 heavy (non-hydrogen) atoms. The van der Waals surface area contributed by atoms with Gasteiger partial charge in [-0.1, -0.05) is 0 Å². The molecule has 0 spiro atoms. The maximum absolute atomic E-state index is 13.4. The summed E-state index contributed by atoms with van der Waals surface area (Å²) >= 11 is 0. The van der Waals surface area contributed by atoms with Crippen LogP contribution >= 0.6 is 0 Å². The van der Waals surface area contributed by atoms with Crippen molar-refractivity contribution in [1.82, 2.24) is 18.3 Å². The minimum atomic E-state index is -0.486. The maximum atomic E-state index is 13.4. The van der Waals surface area contributed by atoms with Gasteiger partial charge in [-0.15, -0.1) is 0 Å². The van der Waals surface area contributed by atoms with Crippen molar-refractivity contribution < 1.29 is 0 Å².